The molecule has 2 atom stereocenters. The molecule has 2 unspecified atom stereocenters. The first kappa shape index (κ1) is 8.64. The van der Waals surface area contributed by atoms with Crippen LogP contribution < -0.4 is 0 Å². The SMILES string of the molecule is COC1C=CC(S(=O)O)=CC1. The maximum atomic E-state index is 10.5. The van der Waals surface area contributed by atoms with E-state index in [1.54, 1.807) is 25.3 Å². The van der Waals surface area contributed by atoms with E-state index in [2.05, 4.69) is 0 Å². The second-order valence-electron chi connectivity index (χ2n) is 2.22. The second kappa shape index (κ2) is 3.80. The molecule has 0 radical (unpaired) electrons. The lowest BCUT2D eigenvalue weighted by atomic mass is 10.1. The molecule has 0 bridgehead atoms. The van der Waals surface area contributed by atoms with Gasteiger partial charge in [0.1, 0.15) is 0 Å². The fraction of sp³-hybridized carbons (Fsp3) is 0.429. The van der Waals surface area contributed by atoms with Gasteiger partial charge >= 0.3 is 0 Å². The first-order chi connectivity index (χ1) is 5.24. The van der Waals surface area contributed by atoms with Gasteiger partial charge in [-0.05, 0) is 12.5 Å². The van der Waals surface area contributed by atoms with Crippen LogP contribution in [0.3, 0.4) is 0 Å². The Hall–Kier alpha value is -0.450. The Morgan fingerprint density at radius 3 is 2.91 bits per heavy atom. The molecule has 0 amide bonds. The summed E-state index contributed by atoms with van der Waals surface area (Å²) in [4.78, 5) is 0.457. The van der Waals surface area contributed by atoms with Gasteiger partial charge in [-0.15, -0.1) is 0 Å². The van der Waals surface area contributed by atoms with Crippen LogP contribution in [0.5, 0.6) is 0 Å². The smallest absolute Gasteiger partial charge is 0.186 e. The molecule has 1 N–H and O–H groups in total. The minimum Gasteiger partial charge on any atom is -0.377 e. The predicted molar refractivity (Wildman–Crippen MR) is 43.4 cm³/mol. The molecule has 0 aliphatic heterocycles. The van der Waals surface area contributed by atoms with Crippen LogP contribution in [0, 0.1) is 0 Å². The standard InChI is InChI=1S/C7H10O3S/c1-10-6-2-4-7(5-3-6)11(8)9/h2,4-6H,3H2,1H3,(H,8,9). The Balaban J connectivity index is 2.60. The largest absolute Gasteiger partial charge is 0.377 e. The van der Waals surface area contributed by atoms with Gasteiger partial charge in [-0.25, -0.2) is 4.21 Å². The molecule has 0 aromatic carbocycles. The van der Waals surface area contributed by atoms with Crippen LogP contribution in [0.15, 0.2) is 23.1 Å². The lowest BCUT2D eigenvalue weighted by molar-refractivity contribution is 0.142. The lowest BCUT2D eigenvalue weighted by Gasteiger charge is -2.12. The summed E-state index contributed by atoms with van der Waals surface area (Å²) < 4.78 is 24.2. The summed E-state index contributed by atoms with van der Waals surface area (Å²) in [7, 11) is 1.61. The average molecular weight is 174 g/mol. The van der Waals surface area contributed by atoms with Crippen molar-refractivity contribution in [2.24, 2.45) is 0 Å². The van der Waals surface area contributed by atoms with Crippen molar-refractivity contribution in [2.75, 3.05) is 7.11 Å². The number of hydrogen-bond acceptors (Lipinski definition) is 2. The summed E-state index contributed by atoms with van der Waals surface area (Å²) in [6.45, 7) is 0. The van der Waals surface area contributed by atoms with Gasteiger partial charge in [-0.2, -0.15) is 0 Å². The maximum Gasteiger partial charge on any atom is 0.186 e. The van der Waals surface area contributed by atoms with Crippen LogP contribution in [0.1, 0.15) is 6.42 Å². The van der Waals surface area contributed by atoms with Gasteiger partial charge < -0.3 is 9.29 Å². The Kier molecular flexibility index (Phi) is 2.99. The van der Waals surface area contributed by atoms with E-state index in [0.717, 1.165) is 0 Å². The summed E-state index contributed by atoms with van der Waals surface area (Å²) in [5.74, 6) is 0. The average Bonchev–Trinajstić information content (AvgIpc) is 2.05. The van der Waals surface area contributed by atoms with E-state index in [1.807, 2.05) is 0 Å². The van der Waals surface area contributed by atoms with Gasteiger partial charge in [0.2, 0.25) is 0 Å². The fourth-order valence-corrected chi connectivity index (χ4v) is 1.32. The van der Waals surface area contributed by atoms with Crippen molar-refractivity contribution in [1.82, 2.24) is 0 Å². The molecule has 3 nitrogen and oxygen atoms in total. The summed E-state index contributed by atoms with van der Waals surface area (Å²) in [5, 5.41) is 0. The van der Waals surface area contributed by atoms with Crippen LogP contribution in [-0.2, 0) is 15.8 Å². The van der Waals surface area contributed by atoms with Crippen LogP contribution in [-0.4, -0.2) is 22.0 Å². The van der Waals surface area contributed by atoms with Crippen molar-refractivity contribution >= 4 is 11.1 Å². The molecule has 0 heterocycles. The van der Waals surface area contributed by atoms with Crippen LogP contribution in [0.25, 0.3) is 0 Å². The van der Waals surface area contributed by atoms with Crippen molar-refractivity contribution in [3.8, 4) is 0 Å². The zero-order valence-electron chi connectivity index (χ0n) is 6.19. The molecule has 4 heteroatoms. The minimum atomic E-state index is -1.85. The third-order valence-electron chi connectivity index (χ3n) is 1.53. The topological polar surface area (TPSA) is 46.5 Å². The molecule has 0 aromatic rings. The number of methoxy groups -OCH3 is 1. The minimum absolute atomic E-state index is 0.0577. The van der Waals surface area contributed by atoms with E-state index < -0.39 is 11.1 Å². The van der Waals surface area contributed by atoms with Crippen molar-refractivity contribution < 1.29 is 13.5 Å². The molecular weight excluding hydrogens is 164 g/mol. The van der Waals surface area contributed by atoms with E-state index >= 15 is 0 Å². The van der Waals surface area contributed by atoms with E-state index in [1.165, 1.54) is 0 Å². The van der Waals surface area contributed by atoms with Crippen molar-refractivity contribution in [2.45, 2.75) is 12.5 Å². The molecule has 1 rings (SSSR count). The lowest BCUT2D eigenvalue weighted by Crippen LogP contribution is -2.09. The van der Waals surface area contributed by atoms with Gasteiger partial charge in [0.15, 0.2) is 11.1 Å². The molecular formula is C7H10O3S. The second-order valence-corrected chi connectivity index (χ2v) is 3.19. The zero-order chi connectivity index (χ0) is 8.27. The van der Waals surface area contributed by atoms with Crippen molar-refractivity contribution in [1.29, 1.82) is 0 Å². The van der Waals surface area contributed by atoms with Gasteiger partial charge in [-0.1, -0.05) is 12.2 Å². The van der Waals surface area contributed by atoms with Crippen LogP contribution >= 0.6 is 0 Å². The highest BCUT2D eigenvalue weighted by molar-refractivity contribution is 7.83. The Morgan fingerprint density at radius 1 is 1.82 bits per heavy atom. The molecule has 62 valence electrons. The Bertz CT molecular complexity index is 220. The Morgan fingerprint density at radius 2 is 2.55 bits per heavy atom. The Labute approximate surface area is 68.0 Å². The summed E-state index contributed by atoms with van der Waals surface area (Å²) >= 11 is -1.85. The number of rotatable bonds is 2. The summed E-state index contributed by atoms with van der Waals surface area (Å²) in [6, 6.07) is 0. The fourth-order valence-electron chi connectivity index (χ4n) is 0.885. The monoisotopic (exact) mass is 174 g/mol. The maximum absolute atomic E-state index is 10.5. The summed E-state index contributed by atoms with van der Waals surface area (Å²) in [5.41, 5.74) is 0. The van der Waals surface area contributed by atoms with E-state index in [4.69, 9.17) is 9.29 Å². The number of ether oxygens (including phenoxy) is 1. The molecule has 0 saturated heterocycles. The van der Waals surface area contributed by atoms with E-state index in [0.29, 0.717) is 11.3 Å². The normalized spacial score (nSPS) is 26.4. The highest BCUT2D eigenvalue weighted by Crippen LogP contribution is 2.14. The molecule has 11 heavy (non-hydrogen) atoms. The van der Waals surface area contributed by atoms with E-state index in [-0.39, 0.29) is 6.10 Å². The van der Waals surface area contributed by atoms with Crippen LogP contribution in [0.2, 0.25) is 0 Å². The molecule has 0 saturated carbocycles. The van der Waals surface area contributed by atoms with Gasteiger partial charge in [0, 0.05) is 7.11 Å². The van der Waals surface area contributed by atoms with Crippen molar-refractivity contribution in [3.05, 3.63) is 23.1 Å². The highest BCUT2D eigenvalue weighted by Gasteiger charge is 2.09. The number of allylic oxidation sites excluding steroid dienone is 1. The molecule has 1 aliphatic carbocycles. The van der Waals surface area contributed by atoms with Crippen molar-refractivity contribution in [3.63, 3.8) is 0 Å². The molecule has 0 fully saturated rings. The zero-order valence-corrected chi connectivity index (χ0v) is 7.00. The number of hydrogen-bond donors (Lipinski definition) is 1. The van der Waals surface area contributed by atoms with Crippen LogP contribution in [0.4, 0.5) is 0 Å². The first-order valence-electron chi connectivity index (χ1n) is 3.26. The summed E-state index contributed by atoms with van der Waals surface area (Å²) in [6.07, 6.45) is 5.85. The predicted octanol–water partition coefficient (Wildman–Crippen LogP) is 1.07. The first-order valence-corrected chi connectivity index (χ1v) is 4.36. The van der Waals surface area contributed by atoms with Gasteiger partial charge in [0.05, 0.1) is 11.0 Å². The van der Waals surface area contributed by atoms with E-state index in [9.17, 15) is 4.21 Å². The van der Waals surface area contributed by atoms with Gasteiger partial charge in [0.25, 0.3) is 0 Å². The highest BCUT2D eigenvalue weighted by atomic mass is 32.2. The molecule has 1 aliphatic rings. The molecule has 0 spiro atoms. The quantitative estimate of drug-likeness (QED) is 0.637. The third-order valence-corrected chi connectivity index (χ3v) is 2.24. The molecule has 0 aromatic heterocycles. The third kappa shape index (κ3) is 2.25. The van der Waals surface area contributed by atoms with Gasteiger partial charge in [-0.3, -0.25) is 0 Å².